The average molecular weight is 1040 g/mol. The van der Waals surface area contributed by atoms with E-state index in [0.29, 0.717) is 19.6 Å². The predicted molar refractivity (Wildman–Crippen MR) is 299 cm³/mol. The first-order valence-electron chi connectivity index (χ1n) is 31.1. The van der Waals surface area contributed by atoms with Crippen molar-refractivity contribution in [2.24, 2.45) is 5.41 Å². The smallest absolute Gasteiger partial charge is 0.364 e. The molecule has 0 bridgehead atoms. The Bertz CT molecular complexity index is 1190. The van der Waals surface area contributed by atoms with Gasteiger partial charge in [-0.15, -0.1) is 0 Å². The molecule has 0 aromatic rings. The lowest BCUT2D eigenvalue weighted by Gasteiger charge is -2.47. The molecule has 12 heteroatoms. The van der Waals surface area contributed by atoms with Crippen LogP contribution in [0.2, 0.25) is 0 Å². The number of hydrogen-bond donors (Lipinski definition) is 6. The number of nitrogens with one attached hydrogen (secondary N) is 1. The van der Waals surface area contributed by atoms with Crippen LogP contribution in [0.3, 0.4) is 0 Å². The number of carboxylic acids is 1. The third-order valence-electron chi connectivity index (χ3n) is 15.6. The number of unbranched alkanes of at least 4 members (excludes halogenated alkanes) is 38. The monoisotopic (exact) mass is 1040 g/mol. The van der Waals surface area contributed by atoms with Crippen LogP contribution in [0.25, 0.3) is 0 Å². The number of rotatable bonds is 55. The number of ether oxygens (including phenoxy) is 4. The molecular weight excluding hydrogens is 923 g/mol. The molecule has 1 rings (SSSR count). The molecule has 6 N–H and O–H groups in total. The number of aliphatic carboxylic acids is 1. The summed E-state index contributed by atoms with van der Waals surface area (Å²) in [7, 11) is 0. The summed E-state index contributed by atoms with van der Waals surface area (Å²) in [5.74, 6) is -4.49. The highest BCUT2D eigenvalue weighted by atomic mass is 16.7. The maximum atomic E-state index is 13.0. The van der Waals surface area contributed by atoms with E-state index in [2.05, 4.69) is 19.2 Å². The summed E-state index contributed by atoms with van der Waals surface area (Å²) < 4.78 is 24.8. The fourth-order valence-corrected chi connectivity index (χ4v) is 10.5. The molecule has 1 fully saturated rings. The summed E-state index contributed by atoms with van der Waals surface area (Å²) in [5, 5.41) is 55.1. The van der Waals surface area contributed by atoms with E-state index >= 15 is 0 Å². The normalized spacial score (nSPS) is 19.1. The second-order valence-corrected chi connectivity index (χ2v) is 22.6. The van der Waals surface area contributed by atoms with Crippen molar-refractivity contribution in [3.05, 3.63) is 0 Å². The van der Waals surface area contributed by atoms with Gasteiger partial charge in [0.2, 0.25) is 5.91 Å². The molecule has 0 spiro atoms. The van der Waals surface area contributed by atoms with E-state index in [1.807, 2.05) is 6.92 Å². The summed E-state index contributed by atoms with van der Waals surface area (Å²) >= 11 is 0. The Labute approximate surface area is 448 Å². The van der Waals surface area contributed by atoms with Gasteiger partial charge in [-0.2, -0.15) is 0 Å². The summed E-state index contributed by atoms with van der Waals surface area (Å²) in [5.41, 5.74) is -0.745. The lowest BCUT2D eigenvalue weighted by molar-refractivity contribution is -0.319. The van der Waals surface area contributed by atoms with Gasteiger partial charge >= 0.3 is 5.97 Å². The van der Waals surface area contributed by atoms with Crippen molar-refractivity contribution < 1.29 is 54.1 Å². The average Bonchev–Trinajstić information content (AvgIpc) is 3.38. The SMILES string of the molecule is CCCCCCCCCCCCCCCCCCCCCCOCC(CC)(COCCCCCCCCCCCCCCCCCCCCCC)CO[C@@]1(C(=O)O)C[C@H](O)[C@@H](NC(C)=O)[C@H]([C@H](O)[C@H](O)CO)O1. The van der Waals surface area contributed by atoms with Gasteiger partial charge in [0.25, 0.3) is 5.79 Å². The molecule has 1 aliphatic rings. The molecule has 6 atom stereocenters. The zero-order chi connectivity index (χ0) is 53.5. The molecule has 0 saturated carbocycles. The largest absolute Gasteiger partial charge is 0.477 e. The fourth-order valence-electron chi connectivity index (χ4n) is 10.5. The maximum absolute atomic E-state index is 13.0. The summed E-state index contributed by atoms with van der Waals surface area (Å²) in [4.78, 5) is 25.0. The number of amides is 1. The van der Waals surface area contributed by atoms with Crippen LogP contribution in [-0.2, 0) is 28.5 Å². The van der Waals surface area contributed by atoms with Crippen LogP contribution >= 0.6 is 0 Å². The lowest BCUT2D eigenvalue weighted by Crippen LogP contribution is -2.68. The van der Waals surface area contributed by atoms with E-state index < -0.39 is 66.6 Å². The standard InChI is InChI=1S/C61H119NO11/c1-5-8-10-12-14-16-18-20-22-24-26-28-30-32-34-36-38-40-42-44-46-70-50-60(7-3,52-72-61(59(68)69)48-54(65)56(62-53(4)64)58(73-61)57(67)55(66)49-63)51-71-47-45-43-41-39-37-35-33-31-29-27-25-23-21-19-17-15-13-11-9-6-2/h54-58,63,65-67H,5-52H2,1-4H3,(H,62,64)(H,68,69)/t54-,55+,56+,57+,58+,61-/m0/s1. The van der Waals surface area contributed by atoms with Gasteiger partial charge in [-0.05, 0) is 19.3 Å². The van der Waals surface area contributed by atoms with Crippen molar-refractivity contribution in [3.63, 3.8) is 0 Å². The quantitative estimate of drug-likeness (QED) is 0.0319. The molecule has 434 valence electrons. The Morgan fingerprint density at radius 2 is 0.863 bits per heavy atom. The highest BCUT2D eigenvalue weighted by Crippen LogP contribution is 2.36. The van der Waals surface area contributed by atoms with E-state index in [-0.39, 0.29) is 19.8 Å². The molecule has 1 saturated heterocycles. The predicted octanol–water partition coefficient (Wildman–Crippen LogP) is 14.2. The summed E-state index contributed by atoms with van der Waals surface area (Å²) in [6, 6.07) is -1.26. The molecule has 73 heavy (non-hydrogen) atoms. The number of hydrogen-bond acceptors (Lipinski definition) is 10. The van der Waals surface area contributed by atoms with Crippen LogP contribution in [0.1, 0.15) is 297 Å². The minimum absolute atomic E-state index is 0.142. The molecule has 0 aliphatic carbocycles. The van der Waals surface area contributed by atoms with Crippen LogP contribution < -0.4 is 5.32 Å². The van der Waals surface area contributed by atoms with Gasteiger partial charge in [0.05, 0.1) is 38.6 Å². The van der Waals surface area contributed by atoms with Crippen molar-refractivity contribution in [1.29, 1.82) is 0 Å². The van der Waals surface area contributed by atoms with Crippen LogP contribution in [0.4, 0.5) is 0 Å². The Kier molecular flexibility index (Phi) is 45.6. The molecule has 1 amide bonds. The van der Waals surface area contributed by atoms with E-state index in [9.17, 15) is 35.1 Å². The Hall–Kier alpha value is -1.38. The first kappa shape index (κ1) is 69.6. The lowest BCUT2D eigenvalue weighted by atomic mass is 9.86. The number of carboxylic acid groups (broad SMARTS) is 1. The minimum Gasteiger partial charge on any atom is -0.477 e. The highest BCUT2D eigenvalue weighted by Gasteiger charge is 2.56. The van der Waals surface area contributed by atoms with Crippen molar-refractivity contribution >= 4 is 11.9 Å². The second kappa shape index (κ2) is 47.8. The minimum atomic E-state index is -2.42. The van der Waals surface area contributed by atoms with Gasteiger partial charge in [0.1, 0.15) is 18.3 Å². The third kappa shape index (κ3) is 35.6. The summed E-state index contributed by atoms with van der Waals surface area (Å²) in [6.45, 7) is 8.43. The Morgan fingerprint density at radius 3 is 1.14 bits per heavy atom. The van der Waals surface area contributed by atoms with Gasteiger partial charge in [0.15, 0.2) is 0 Å². The van der Waals surface area contributed by atoms with Gasteiger partial charge in [0, 0.05) is 32.0 Å². The van der Waals surface area contributed by atoms with Crippen LogP contribution in [0.5, 0.6) is 0 Å². The topological polar surface area (TPSA) is 184 Å². The molecule has 0 aromatic heterocycles. The van der Waals surface area contributed by atoms with E-state index in [4.69, 9.17) is 18.9 Å². The van der Waals surface area contributed by atoms with E-state index in [1.165, 1.54) is 238 Å². The molecule has 1 heterocycles. The van der Waals surface area contributed by atoms with Crippen LogP contribution in [0, 0.1) is 5.41 Å². The first-order chi connectivity index (χ1) is 35.5. The number of aliphatic hydroxyl groups excluding tert-OH is 4. The molecule has 0 radical (unpaired) electrons. The number of aliphatic hydroxyl groups is 4. The molecule has 0 unspecified atom stereocenters. The van der Waals surface area contributed by atoms with Gasteiger partial charge in [-0.1, -0.05) is 265 Å². The maximum Gasteiger partial charge on any atom is 0.364 e. The van der Waals surface area contributed by atoms with Gasteiger partial charge in [-0.3, -0.25) is 4.79 Å². The van der Waals surface area contributed by atoms with Crippen molar-refractivity contribution in [2.75, 3.05) is 39.6 Å². The third-order valence-corrected chi connectivity index (χ3v) is 15.6. The zero-order valence-electron chi connectivity index (χ0n) is 48.0. The van der Waals surface area contributed by atoms with Crippen molar-refractivity contribution in [2.45, 2.75) is 334 Å². The van der Waals surface area contributed by atoms with E-state index in [1.54, 1.807) is 0 Å². The number of carbonyl (C=O) groups excluding carboxylic acids is 1. The van der Waals surface area contributed by atoms with E-state index in [0.717, 1.165) is 25.7 Å². The van der Waals surface area contributed by atoms with Crippen LogP contribution in [-0.4, -0.2) is 113 Å². The Balaban J connectivity index is 2.55. The highest BCUT2D eigenvalue weighted by molar-refractivity contribution is 5.76. The van der Waals surface area contributed by atoms with Crippen molar-refractivity contribution in [1.82, 2.24) is 5.32 Å². The number of carbonyl (C=O) groups is 2. The first-order valence-corrected chi connectivity index (χ1v) is 31.1. The molecular formula is C61H119NO11. The summed E-state index contributed by atoms with van der Waals surface area (Å²) in [6.07, 6.45) is 46.2. The van der Waals surface area contributed by atoms with Crippen LogP contribution in [0.15, 0.2) is 0 Å². The van der Waals surface area contributed by atoms with Gasteiger partial charge in [-0.25, -0.2) is 4.79 Å². The fraction of sp³-hybridized carbons (Fsp3) is 0.967. The molecule has 0 aromatic carbocycles. The Morgan fingerprint density at radius 1 is 0.548 bits per heavy atom. The van der Waals surface area contributed by atoms with Gasteiger partial charge < -0.3 is 49.8 Å². The van der Waals surface area contributed by atoms with Crippen molar-refractivity contribution in [3.8, 4) is 0 Å². The molecule has 12 nitrogen and oxygen atoms in total. The second-order valence-electron chi connectivity index (χ2n) is 22.6. The zero-order valence-corrected chi connectivity index (χ0v) is 48.0. The molecule has 1 aliphatic heterocycles.